The van der Waals surface area contributed by atoms with Crippen LogP contribution in [0.5, 0.6) is 0 Å². The van der Waals surface area contributed by atoms with Crippen LogP contribution in [0.25, 0.3) is 0 Å². The molecule has 0 amide bonds. The third-order valence-electron chi connectivity index (χ3n) is 5.34. The second kappa shape index (κ2) is 6.91. The molecule has 0 aromatic heterocycles. The Bertz CT molecular complexity index is 420. The van der Waals surface area contributed by atoms with Gasteiger partial charge in [-0.05, 0) is 44.3 Å². The first kappa shape index (κ1) is 15.0. The van der Waals surface area contributed by atoms with E-state index in [0.29, 0.717) is 11.5 Å². The van der Waals surface area contributed by atoms with Crippen molar-refractivity contribution in [3.05, 3.63) is 35.9 Å². The zero-order chi connectivity index (χ0) is 14.5. The fourth-order valence-electron chi connectivity index (χ4n) is 3.97. The molecule has 0 atom stereocenters. The lowest BCUT2D eigenvalue weighted by Crippen LogP contribution is -2.50. The largest absolute Gasteiger partial charge is 0.381 e. The van der Waals surface area contributed by atoms with Gasteiger partial charge in [-0.25, -0.2) is 0 Å². The van der Waals surface area contributed by atoms with E-state index in [2.05, 4.69) is 40.5 Å². The number of hydrogen-bond donors (Lipinski definition) is 1. The van der Waals surface area contributed by atoms with Gasteiger partial charge in [0.2, 0.25) is 0 Å². The van der Waals surface area contributed by atoms with E-state index < -0.39 is 0 Å². The maximum Gasteiger partial charge on any atom is 0.0595 e. The predicted molar refractivity (Wildman–Crippen MR) is 86.7 cm³/mol. The molecule has 0 saturated carbocycles. The van der Waals surface area contributed by atoms with Gasteiger partial charge in [0.05, 0.1) is 6.10 Å². The minimum atomic E-state index is 0.340. The number of likely N-dealkylation sites (tertiary alicyclic amines) is 1. The van der Waals surface area contributed by atoms with Crippen LogP contribution in [0.3, 0.4) is 0 Å². The molecule has 3 rings (SSSR count). The van der Waals surface area contributed by atoms with Gasteiger partial charge in [0.1, 0.15) is 0 Å². The molecule has 3 heteroatoms. The van der Waals surface area contributed by atoms with Crippen LogP contribution >= 0.6 is 0 Å². The molecular formula is C18H28N2O. The lowest BCUT2D eigenvalue weighted by Gasteiger charge is -2.43. The molecular weight excluding hydrogens is 260 g/mol. The van der Waals surface area contributed by atoms with Crippen LogP contribution in [0.15, 0.2) is 30.3 Å². The molecule has 2 fully saturated rings. The van der Waals surface area contributed by atoms with Crippen molar-refractivity contribution in [3.63, 3.8) is 0 Å². The van der Waals surface area contributed by atoms with Gasteiger partial charge in [-0.15, -0.1) is 0 Å². The molecule has 0 aliphatic carbocycles. The summed E-state index contributed by atoms with van der Waals surface area (Å²) in [7, 11) is 1.85. The van der Waals surface area contributed by atoms with Gasteiger partial charge in [-0.1, -0.05) is 30.3 Å². The van der Waals surface area contributed by atoms with E-state index >= 15 is 0 Å². The topological polar surface area (TPSA) is 24.5 Å². The number of nitrogens with zero attached hydrogens (tertiary/aromatic N) is 1. The van der Waals surface area contributed by atoms with Crippen molar-refractivity contribution in [2.24, 2.45) is 0 Å². The average Bonchev–Trinajstić information content (AvgIpc) is 2.57. The van der Waals surface area contributed by atoms with Gasteiger partial charge in [-0.2, -0.15) is 0 Å². The molecule has 0 radical (unpaired) electrons. The van der Waals surface area contributed by atoms with E-state index in [0.717, 1.165) is 13.1 Å². The summed E-state index contributed by atoms with van der Waals surface area (Å²) in [5, 5.41) is 3.52. The van der Waals surface area contributed by atoms with Crippen LogP contribution in [-0.4, -0.2) is 50.8 Å². The van der Waals surface area contributed by atoms with E-state index in [1.54, 1.807) is 0 Å². The Morgan fingerprint density at radius 2 is 1.81 bits per heavy atom. The van der Waals surface area contributed by atoms with Crippen molar-refractivity contribution < 1.29 is 4.74 Å². The second-order valence-corrected chi connectivity index (χ2v) is 6.61. The maximum atomic E-state index is 5.50. The van der Waals surface area contributed by atoms with Crippen molar-refractivity contribution in [2.45, 2.75) is 37.2 Å². The molecule has 1 aromatic rings. The number of piperidine rings is 2. The maximum absolute atomic E-state index is 5.50. The van der Waals surface area contributed by atoms with Crippen LogP contribution in [-0.2, 0) is 10.2 Å². The van der Waals surface area contributed by atoms with E-state index in [1.165, 1.54) is 50.9 Å². The molecule has 116 valence electrons. The van der Waals surface area contributed by atoms with Gasteiger partial charge in [0.25, 0.3) is 0 Å². The molecule has 2 aliphatic heterocycles. The fourth-order valence-corrected chi connectivity index (χ4v) is 3.97. The molecule has 2 saturated heterocycles. The second-order valence-electron chi connectivity index (χ2n) is 6.61. The summed E-state index contributed by atoms with van der Waals surface area (Å²) in [6.45, 7) is 5.85. The first-order valence-electron chi connectivity index (χ1n) is 8.34. The summed E-state index contributed by atoms with van der Waals surface area (Å²) in [4.78, 5) is 2.66. The molecule has 0 spiro atoms. The monoisotopic (exact) mass is 288 g/mol. The van der Waals surface area contributed by atoms with Crippen LogP contribution in [0, 0.1) is 0 Å². The average molecular weight is 288 g/mol. The van der Waals surface area contributed by atoms with Crippen LogP contribution in [0.1, 0.15) is 31.2 Å². The van der Waals surface area contributed by atoms with Crippen LogP contribution in [0.2, 0.25) is 0 Å². The Morgan fingerprint density at radius 3 is 2.43 bits per heavy atom. The highest BCUT2D eigenvalue weighted by Gasteiger charge is 2.36. The van der Waals surface area contributed by atoms with Crippen molar-refractivity contribution in [1.29, 1.82) is 0 Å². The zero-order valence-corrected chi connectivity index (χ0v) is 13.2. The molecule has 2 heterocycles. The number of rotatable bonds is 4. The standard InChI is InChI=1S/C18H28N2O/c1-21-17-7-13-20(14-8-17)15-18(9-11-19-12-10-18)16-5-3-2-4-6-16/h2-6,17,19H,7-15H2,1H3. The fraction of sp³-hybridized carbons (Fsp3) is 0.667. The summed E-state index contributed by atoms with van der Waals surface area (Å²) < 4.78 is 5.50. The van der Waals surface area contributed by atoms with Crippen molar-refractivity contribution >= 4 is 0 Å². The minimum Gasteiger partial charge on any atom is -0.381 e. The molecule has 2 aliphatic rings. The minimum absolute atomic E-state index is 0.340. The van der Waals surface area contributed by atoms with Crippen LogP contribution in [0.4, 0.5) is 0 Å². The van der Waals surface area contributed by atoms with Crippen molar-refractivity contribution in [3.8, 4) is 0 Å². The lowest BCUT2D eigenvalue weighted by molar-refractivity contribution is 0.0313. The summed E-state index contributed by atoms with van der Waals surface area (Å²) in [5.41, 5.74) is 1.87. The quantitative estimate of drug-likeness (QED) is 0.921. The third-order valence-corrected chi connectivity index (χ3v) is 5.34. The van der Waals surface area contributed by atoms with Gasteiger partial charge < -0.3 is 15.0 Å². The van der Waals surface area contributed by atoms with Crippen molar-refractivity contribution in [2.75, 3.05) is 39.8 Å². The third kappa shape index (κ3) is 3.47. The highest BCUT2D eigenvalue weighted by atomic mass is 16.5. The summed E-state index contributed by atoms with van der Waals surface area (Å²) in [5.74, 6) is 0. The van der Waals surface area contributed by atoms with E-state index in [-0.39, 0.29) is 0 Å². The predicted octanol–water partition coefficient (Wildman–Crippen LogP) is 2.42. The van der Waals surface area contributed by atoms with Crippen LogP contribution < -0.4 is 5.32 Å². The SMILES string of the molecule is COC1CCN(CC2(c3ccccc3)CCNCC2)CC1. The number of nitrogens with one attached hydrogen (secondary N) is 1. The van der Waals surface area contributed by atoms with Gasteiger partial charge in [-0.3, -0.25) is 0 Å². The van der Waals surface area contributed by atoms with Gasteiger partial charge in [0, 0.05) is 32.2 Å². The molecule has 0 bridgehead atoms. The Hall–Kier alpha value is -0.900. The van der Waals surface area contributed by atoms with E-state index in [4.69, 9.17) is 4.74 Å². The molecule has 21 heavy (non-hydrogen) atoms. The normalized spacial score (nSPS) is 24.0. The van der Waals surface area contributed by atoms with E-state index in [9.17, 15) is 0 Å². The Balaban J connectivity index is 1.72. The summed E-state index contributed by atoms with van der Waals surface area (Å²) in [6, 6.07) is 11.2. The Kier molecular flexibility index (Phi) is 4.94. The molecule has 1 aromatic carbocycles. The molecule has 1 N–H and O–H groups in total. The number of methoxy groups -OCH3 is 1. The number of ether oxygens (including phenoxy) is 1. The van der Waals surface area contributed by atoms with Gasteiger partial charge in [0.15, 0.2) is 0 Å². The zero-order valence-electron chi connectivity index (χ0n) is 13.2. The summed E-state index contributed by atoms with van der Waals surface area (Å²) >= 11 is 0. The lowest BCUT2D eigenvalue weighted by atomic mass is 9.72. The first-order valence-corrected chi connectivity index (χ1v) is 8.34. The van der Waals surface area contributed by atoms with E-state index in [1.807, 2.05) is 7.11 Å². The van der Waals surface area contributed by atoms with Gasteiger partial charge >= 0.3 is 0 Å². The molecule has 3 nitrogen and oxygen atoms in total. The number of benzene rings is 1. The van der Waals surface area contributed by atoms with Crippen molar-refractivity contribution in [1.82, 2.24) is 10.2 Å². The highest BCUT2D eigenvalue weighted by Crippen LogP contribution is 2.35. The first-order chi connectivity index (χ1) is 10.3. The molecule has 0 unspecified atom stereocenters. The smallest absolute Gasteiger partial charge is 0.0595 e. The highest BCUT2D eigenvalue weighted by molar-refractivity contribution is 5.27. The summed E-state index contributed by atoms with van der Waals surface area (Å²) in [6.07, 6.45) is 5.34. The Labute approximate surface area is 128 Å². The number of hydrogen-bond acceptors (Lipinski definition) is 3. The Morgan fingerprint density at radius 1 is 1.14 bits per heavy atom.